The van der Waals surface area contributed by atoms with E-state index in [-0.39, 0.29) is 25.3 Å². The Morgan fingerprint density at radius 2 is 1.77 bits per heavy atom. The topological polar surface area (TPSA) is 80.1 Å². The number of pyridine rings is 1. The van der Waals surface area contributed by atoms with Gasteiger partial charge < -0.3 is 28.9 Å². The number of nitrogens with zero attached hydrogens (tertiary/aromatic N) is 4. The van der Waals surface area contributed by atoms with Gasteiger partial charge in [0.2, 0.25) is 6.30 Å². The summed E-state index contributed by atoms with van der Waals surface area (Å²) in [5, 5.41) is 10.8. The molecule has 1 aliphatic heterocycles. The summed E-state index contributed by atoms with van der Waals surface area (Å²) in [6.07, 6.45) is -4.90. The number of aliphatic hydroxyl groups is 1. The third-order valence-electron chi connectivity index (χ3n) is 8.61. The maximum absolute atomic E-state index is 15.8. The van der Waals surface area contributed by atoms with Crippen molar-refractivity contribution in [2.75, 3.05) is 44.8 Å². The van der Waals surface area contributed by atoms with Crippen LogP contribution in [0.5, 0.6) is 0 Å². The zero-order chi connectivity index (χ0) is 33.9. The van der Waals surface area contributed by atoms with Crippen molar-refractivity contribution in [1.82, 2.24) is 14.5 Å². The lowest BCUT2D eigenvalue weighted by atomic mass is 9.84. The van der Waals surface area contributed by atoms with Crippen molar-refractivity contribution in [3.05, 3.63) is 82.1 Å². The van der Waals surface area contributed by atoms with Gasteiger partial charge in [0.05, 0.1) is 34.9 Å². The summed E-state index contributed by atoms with van der Waals surface area (Å²) in [4.78, 5) is 21.2. The number of anilines is 1. The monoisotopic (exact) mass is 716 g/mol. The Hall–Kier alpha value is -3.61. The molecule has 0 bridgehead atoms. The van der Waals surface area contributed by atoms with Crippen LogP contribution in [0.3, 0.4) is 0 Å². The number of aliphatic hydroxyl groups excluding tert-OH is 1. The van der Waals surface area contributed by atoms with Crippen molar-refractivity contribution in [1.29, 1.82) is 0 Å². The molecule has 0 saturated carbocycles. The predicted molar refractivity (Wildman–Crippen MR) is 179 cm³/mol. The fourth-order valence-electron chi connectivity index (χ4n) is 5.95. The zero-order valence-corrected chi connectivity index (χ0v) is 28.5. The zero-order valence-electron chi connectivity index (χ0n) is 26.9. The third kappa shape index (κ3) is 7.60. The summed E-state index contributed by atoms with van der Waals surface area (Å²) in [5.74, 6) is 0. The van der Waals surface area contributed by atoms with E-state index in [1.807, 2.05) is 50.2 Å². The van der Waals surface area contributed by atoms with E-state index in [0.29, 0.717) is 64.1 Å². The summed E-state index contributed by atoms with van der Waals surface area (Å²) >= 11 is 3.49. The Balaban J connectivity index is 1.55. The van der Waals surface area contributed by atoms with Gasteiger partial charge in [0, 0.05) is 55.3 Å². The number of hydrogen-bond acceptors (Lipinski definition) is 6. The molecule has 0 aliphatic carbocycles. The first kappa shape index (κ1) is 34.7. The highest BCUT2D eigenvalue weighted by Gasteiger charge is 2.34. The first-order chi connectivity index (χ1) is 22.4. The van der Waals surface area contributed by atoms with E-state index in [4.69, 9.17) is 14.5 Å². The largest absolute Gasteiger partial charge is 0.445 e. The van der Waals surface area contributed by atoms with Gasteiger partial charge in [-0.05, 0) is 54.2 Å². The van der Waals surface area contributed by atoms with Crippen molar-refractivity contribution >= 4 is 38.6 Å². The molecule has 0 radical (unpaired) electrons. The molecule has 1 N–H and O–H groups in total. The molecule has 0 spiro atoms. The highest BCUT2D eigenvalue weighted by atomic mass is 79.9. The van der Waals surface area contributed by atoms with Gasteiger partial charge in [0.1, 0.15) is 6.61 Å². The number of amides is 1. The van der Waals surface area contributed by atoms with E-state index in [2.05, 4.69) is 20.8 Å². The molecule has 252 valence electrons. The molecule has 47 heavy (non-hydrogen) atoms. The SMILES string of the molecule is COC(C)c1ncc(N2CCN(C(=O)OCc3ccccc3)CC2)cc1-c1c(CC(C)(C)CO)c2cc(Br)ccc2n1C(F)C(F)F. The first-order valence-corrected chi connectivity index (χ1v) is 16.3. The molecule has 4 aromatic rings. The fourth-order valence-corrected chi connectivity index (χ4v) is 6.31. The quantitative estimate of drug-likeness (QED) is 0.170. The highest BCUT2D eigenvalue weighted by Crippen LogP contribution is 2.44. The maximum atomic E-state index is 15.8. The van der Waals surface area contributed by atoms with Crippen LogP contribution in [-0.2, 0) is 22.5 Å². The lowest BCUT2D eigenvalue weighted by Crippen LogP contribution is -2.49. The van der Waals surface area contributed by atoms with E-state index in [0.717, 1.165) is 10.1 Å². The Morgan fingerprint density at radius 3 is 2.40 bits per heavy atom. The molecule has 1 fully saturated rings. The van der Waals surface area contributed by atoms with E-state index in [9.17, 15) is 18.7 Å². The summed E-state index contributed by atoms with van der Waals surface area (Å²) in [6, 6.07) is 16.4. The molecular weight excluding hydrogens is 677 g/mol. The minimum absolute atomic E-state index is 0.168. The van der Waals surface area contributed by atoms with Crippen LogP contribution < -0.4 is 4.90 Å². The summed E-state index contributed by atoms with van der Waals surface area (Å²) < 4.78 is 57.2. The van der Waals surface area contributed by atoms with Crippen LogP contribution in [0, 0.1) is 5.41 Å². The van der Waals surface area contributed by atoms with E-state index < -0.39 is 30.3 Å². The number of piperazine rings is 1. The van der Waals surface area contributed by atoms with Crippen molar-refractivity contribution in [3.63, 3.8) is 0 Å². The second kappa shape index (κ2) is 14.7. The average Bonchev–Trinajstić information content (AvgIpc) is 3.38. The van der Waals surface area contributed by atoms with Gasteiger partial charge in [-0.15, -0.1) is 0 Å². The van der Waals surface area contributed by atoms with E-state index in [1.165, 1.54) is 7.11 Å². The number of carbonyl (C=O) groups is 1. The van der Waals surface area contributed by atoms with Crippen molar-refractivity contribution in [2.24, 2.45) is 5.41 Å². The molecule has 1 saturated heterocycles. The number of hydrogen-bond donors (Lipinski definition) is 1. The number of alkyl halides is 3. The van der Waals surface area contributed by atoms with Crippen LogP contribution in [0.2, 0.25) is 0 Å². The molecule has 8 nitrogen and oxygen atoms in total. The highest BCUT2D eigenvalue weighted by molar-refractivity contribution is 9.10. The van der Waals surface area contributed by atoms with Crippen molar-refractivity contribution < 1.29 is 32.5 Å². The number of aromatic nitrogens is 2. The summed E-state index contributed by atoms with van der Waals surface area (Å²) in [5.41, 5.74) is 3.08. The number of halogens is 4. The predicted octanol–water partition coefficient (Wildman–Crippen LogP) is 7.93. The van der Waals surface area contributed by atoms with Gasteiger partial charge in [-0.25, -0.2) is 18.0 Å². The molecule has 2 aromatic carbocycles. The Morgan fingerprint density at radius 1 is 1.06 bits per heavy atom. The lowest BCUT2D eigenvalue weighted by Gasteiger charge is -2.35. The molecule has 2 unspecified atom stereocenters. The lowest BCUT2D eigenvalue weighted by molar-refractivity contribution is 0.0114. The molecule has 1 amide bonds. The number of benzene rings is 2. The van der Waals surface area contributed by atoms with Gasteiger partial charge >= 0.3 is 6.09 Å². The molecular formula is C35H40BrF3N4O4. The second-order valence-corrected chi connectivity index (χ2v) is 13.5. The Bertz CT molecular complexity index is 1690. The second-order valence-electron chi connectivity index (χ2n) is 12.6. The molecule has 5 rings (SSSR count). The van der Waals surface area contributed by atoms with Crippen LogP contribution in [0.1, 0.15) is 50.0 Å². The van der Waals surface area contributed by atoms with E-state index >= 15 is 4.39 Å². The minimum atomic E-state index is -3.29. The molecule has 3 heterocycles. The maximum Gasteiger partial charge on any atom is 0.410 e. The number of fused-ring (bicyclic) bond motifs is 1. The van der Waals surface area contributed by atoms with Crippen molar-refractivity contribution in [2.45, 2.75) is 52.6 Å². The van der Waals surface area contributed by atoms with Gasteiger partial charge in [0.15, 0.2) is 0 Å². The standard InChI is InChI=1S/C35H40BrF3N4O4/c1-22(46-4)30-27(17-25(19-40-30)41-12-14-42(15-13-41)34(45)47-20-23-8-6-5-7-9-23)31-28(18-35(2,3)21-44)26-16-24(36)10-11-29(26)43(31)33(39)32(37)38/h5-11,16-17,19,22,32-33,44H,12-15,18,20-21H2,1-4H3. The molecule has 2 aromatic heterocycles. The van der Waals surface area contributed by atoms with Crippen LogP contribution in [0.25, 0.3) is 22.2 Å². The minimum Gasteiger partial charge on any atom is -0.445 e. The van der Waals surface area contributed by atoms with Crippen molar-refractivity contribution in [3.8, 4) is 11.3 Å². The fraction of sp³-hybridized carbons (Fsp3) is 0.429. The third-order valence-corrected chi connectivity index (χ3v) is 9.11. The van der Waals surface area contributed by atoms with Crippen LogP contribution in [0.15, 0.2) is 65.3 Å². The van der Waals surface area contributed by atoms with Crippen LogP contribution in [-0.4, -0.2) is 72.0 Å². The summed E-state index contributed by atoms with van der Waals surface area (Å²) in [7, 11) is 1.53. The van der Waals surface area contributed by atoms with Gasteiger partial charge in [-0.3, -0.25) is 4.98 Å². The number of rotatable bonds is 11. The molecule has 12 heteroatoms. The molecule has 1 aliphatic rings. The van der Waals surface area contributed by atoms with Gasteiger partial charge in [-0.1, -0.05) is 60.1 Å². The number of carbonyl (C=O) groups excluding carboxylic acids is 1. The van der Waals surface area contributed by atoms with Gasteiger partial charge in [0.25, 0.3) is 6.43 Å². The molecule has 2 atom stereocenters. The first-order valence-electron chi connectivity index (χ1n) is 15.5. The smallest absolute Gasteiger partial charge is 0.410 e. The van der Waals surface area contributed by atoms with Crippen LogP contribution >= 0.6 is 15.9 Å². The number of methoxy groups -OCH3 is 1. The Kier molecular flexibility index (Phi) is 10.8. The summed E-state index contributed by atoms with van der Waals surface area (Å²) in [6.45, 7) is 7.31. The Labute approximate surface area is 281 Å². The normalized spacial score (nSPS) is 15.4. The number of ether oxygens (including phenoxy) is 2. The van der Waals surface area contributed by atoms with Gasteiger partial charge in [-0.2, -0.15) is 0 Å². The van der Waals surface area contributed by atoms with Crippen LogP contribution in [0.4, 0.5) is 23.7 Å². The average molecular weight is 718 g/mol. The van der Waals surface area contributed by atoms with E-state index in [1.54, 1.807) is 36.2 Å².